The van der Waals surface area contributed by atoms with E-state index in [2.05, 4.69) is 35.8 Å². The monoisotopic (exact) mass is 492 g/mol. The van der Waals surface area contributed by atoms with Gasteiger partial charge < -0.3 is 19.9 Å². The van der Waals surface area contributed by atoms with Crippen LogP contribution < -0.4 is 20.9 Å². The van der Waals surface area contributed by atoms with E-state index in [-0.39, 0.29) is 5.56 Å². The van der Waals surface area contributed by atoms with Crippen molar-refractivity contribution in [3.63, 3.8) is 0 Å². The molecule has 1 aliphatic carbocycles. The van der Waals surface area contributed by atoms with Gasteiger partial charge in [0.15, 0.2) is 17.1 Å². The third kappa shape index (κ3) is 3.62. The molecule has 0 aromatic carbocycles. The maximum Gasteiger partial charge on any atom is 0.290 e. The number of hydrogen-bond acceptors (Lipinski definition) is 9. The second kappa shape index (κ2) is 7.94. The molecule has 6 rings (SSSR count). The maximum absolute atomic E-state index is 12.7. The van der Waals surface area contributed by atoms with Gasteiger partial charge in [-0.15, -0.1) is 0 Å². The van der Waals surface area contributed by atoms with Crippen molar-refractivity contribution >= 4 is 45.7 Å². The molecule has 12 nitrogen and oxygen atoms in total. The highest BCUT2D eigenvalue weighted by molar-refractivity contribution is 6.36. The molecular weight excluding hydrogens is 472 g/mol. The molecule has 0 bridgehead atoms. The Bertz CT molecular complexity index is 1670. The molecule has 5 aromatic heterocycles. The molecule has 178 valence electrons. The average Bonchev–Trinajstić information content (AvgIpc) is 3.56. The number of nitrogens with one attached hydrogen (secondary N) is 2. The Morgan fingerprint density at radius 3 is 2.74 bits per heavy atom. The van der Waals surface area contributed by atoms with Crippen molar-refractivity contribution in [3.8, 4) is 11.5 Å². The lowest BCUT2D eigenvalue weighted by atomic mass is 10.2. The predicted octanol–water partition coefficient (Wildman–Crippen LogP) is 3.21. The van der Waals surface area contributed by atoms with Gasteiger partial charge in [0.05, 0.1) is 30.5 Å². The Hall–Kier alpha value is -4.19. The molecule has 0 amide bonds. The summed E-state index contributed by atoms with van der Waals surface area (Å²) in [5, 5.41) is 15.1. The first-order valence-electron chi connectivity index (χ1n) is 11.0. The first kappa shape index (κ1) is 21.4. The van der Waals surface area contributed by atoms with Crippen LogP contribution in [0.2, 0.25) is 5.02 Å². The standard InChI is InChI=1S/C22H21ClN10O2/c1-24-17-10-33-14(7-25-17)15(9-27-33)35-16-8-26-20-19(18(16)23)31(2)22(29-20)28-13-6-12(11-4-5-11)30-32(3)21(13)34/h6-11,24H,4-5H2,1-3H3,(H,26,28,29). The molecule has 0 atom stereocenters. The summed E-state index contributed by atoms with van der Waals surface area (Å²) in [5.41, 5.74) is 2.70. The molecule has 1 saturated carbocycles. The van der Waals surface area contributed by atoms with E-state index in [1.165, 1.54) is 10.9 Å². The number of aromatic nitrogens is 8. The van der Waals surface area contributed by atoms with Crippen molar-refractivity contribution in [1.29, 1.82) is 0 Å². The molecule has 13 heteroatoms. The summed E-state index contributed by atoms with van der Waals surface area (Å²) in [7, 11) is 5.22. The van der Waals surface area contributed by atoms with Gasteiger partial charge in [-0.2, -0.15) is 15.2 Å². The van der Waals surface area contributed by atoms with E-state index in [9.17, 15) is 4.79 Å². The molecule has 0 spiro atoms. The van der Waals surface area contributed by atoms with Crippen molar-refractivity contribution in [2.75, 3.05) is 17.7 Å². The van der Waals surface area contributed by atoms with Crippen LogP contribution in [0.3, 0.4) is 0 Å². The molecule has 0 saturated heterocycles. The van der Waals surface area contributed by atoms with Gasteiger partial charge in [-0.3, -0.25) is 4.79 Å². The van der Waals surface area contributed by atoms with Crippen LogP contribution in [0.1, 0.15) is 24.5 Å². The number of ether oxygens (including phenoxy) is 1. The van der Waals surface area contributed by atoms with Crippen LogP contribution in [0.25, 0.3) is 16.7 Å². The zero-order chi connectivity index (χ0) is 24.3. The summed E-state index contributed by atoms with van der Waals surface area (Å²) < 4.78 is 10.8. The van der Waals surface area contributed by atoms with E-state index >= 15 is 0 Å². The van der Waals surface area contributed by atoms with Crippen LogP contribution in [0.15, 0.2) is 35.6 Å². The average molecular weight is 493 g/mol. The SMILES string of the molecule is CNc1cn2ncc(Oc3cnc4nc(Nc5cc(C6CC6)nn(C)c5=O)n(C)c4c3Cl)c2cn1. The molecular formula is C22H21ClN10O2. The van der Waals surface area contributed by atoms with Gasteiger partial charge in [0, 0.05) is 27.1 Å². The lowest BCUT2D eigenvalue weighted by Crippen LogP contribution is -2.23. The Kier molecular flexibility index (Phi) is 4.85. The van der Waals surface area contributed by atoms with Gasteiger partial charge >= 0.3 is 0 Å². The number of rotatable bonds is 6. The molecule has 1 fully saturated rings. The van der Waals surface area contributed by atoms with Crippen molar-refractivity contribution in [2.24, 2.45) is 14.1 Å². The van der Waals surface area contributed by atoms with Crippen LogP contribution in [-0.4, -0.2) is 46.0 Å². The zero-order valence-electron chi connectivity index (χ0n) is 19.2. The number of aryl methyl sites for hydroxylation is 2. The Morgan fingerprint density at radius 2 is 1.97 bits per heavy atom. The third-order valence-corrected chi connectivity index (χ3v) is 6.34. The second-order valence-electron chi connectivity index (χ2n) is 8.38. The van der Waals surface area contributed by atoms with Gasteiger partial charge in [0.1, 0.15) is 27.6 Å². The quantitative estimate of drug-likeness (QED) is 0.367. The van der Waals surface area contributed by atoms with Gasteiger partial charge in [0.25, 0.3) is 5.56 Å². The normalized spacial score (nSPS) is 13.5. The van der Waals surface area contributed by atoms with E-state index in [4.69, 9.17) is 16.3 Å². The second-order valence-corrected chi connectivity index (χ2v) is 8.76. The van der Waals surface area contributed by atoms with E-state index < -0.39 is 0 Å². The molecule has 0 radical (unpaired) electrons. The van der Waals surface area contributed by atoms with Gasteiger partial charge in [-0.1, -0.05) is 11.6 Å². The maximum atomic E-state index is 12.7. The number of hydrogen-bond donors (Lipinski definition) is 2. The Morgan fingerprint density at radius 1 is 1.14 bits per heavy atom. The zero-order valence-corrected chi connectivity index (χ0v) is 19.9. The summed E-state index contributed by atoms with van der Waals surface area (Å²) in [4.78, 5) is 25.9. The lowest BCUT2D eigenvalue weighted by molar-refractivity contribution is 0.486. The fraction of sp³-hybridized carbons (Fsp3) is 0.273. The van der Waals surface area contributed by atoms with Crippen molar-refractivity contribution in [1.82, 2.24) is 38.9 Å². The van der Waals surface area contributed by atoms with Crippen molar-refractivity contribution in [2.45, 2.75) is 18.8 Å². The van der Waals surface area contributed by atoms with E-state index in [1.807, 2.05) is 0 Å². The molecule has 5 aromatic rings. The number of anilines is 3. The minimum Gasteiger partial charge on any atom is -0.450 e. The number of pyridine rings is 1. The van der Waals surface area contributed by atoms with Crippen molar-refractivity contribution in [3.05, 3.63) is 51.9 Å². The minimum atomic E-state index is -0.243. The predicted molar refractivity (Wildman–Crippen MR) is 131 cm³/mol. The van der Waals surface area contributed by atoms with Gasteiger partial charge in [-0.05, 0) is 18.9 Å². The molecule has 0 aliphatic heterocycles. The molecule has 5 heterocycles. The van der Waals surface area contributed by atoms with Gasteiger partial charge in [0.2, 0.25) is 5.95 Å². The van der Waals surface area contributed by atoms with Crippen LogP contribution in [0.4, 0.5) is 17.5 Å². The summed E-state index contributed by atoms with van der Waals surface area (Å²) in [6.07, 6.45) is 8.67. The minimum absolute atomic E-state index is 0.243. The molecule has 2 N–H and O–H groups in total. The summed E-state index contributed by atoms with van der Waals surface area (Å²) >= 11 is 6.73. The molecule has 1 aliphatic rings. The largest absolute Gasteiger partial charge is 0.450 e. The highest BCUT2D eigenvalue weighted by Crippen LogP contribution is 2.39. The van der Waals surface area contributed by atoms with E-state index in [1.54, 1.807) is 54.9 Å². The van der Waals surface area contributed by atoms with Crippen LogP contribution in [0, 0.1) is 0 Å². The number of imidazole rings is 1. The topological polar surface area (TPSA) is 129 Å². The number of nitrogens with zero attached hydrogens (tertiary/aromatic N) is 8. The first-order chi connectivity index (χ1) is 16.9. The lowest BCUT2D eigenvalue weighted by Gasteiger charge is -2.10. The highest BCUT2D eigenvalue weighted by atomic mass is 35.5. The fourth-order valence-corrected chi connectivity index (χ4v) is 4.20. The van der Waals surface area contributed by atoms with Gasteiger partial charge in [-0.25, -0.2) is 19.2 Å². The Balaban J connectivity index is 1.36. The smallest absolute Gasteiger partial charge is 0.290 e. The summed E-state index contributed by atoms with van der Waals surface area (Å²) in [6, 6.07) is 1.79. The van der Waals surface area contributed by atoms with Crippen molar-refractivity contribution < 1.29 is 4.74 Å². The molecule has 0 unspecified atom stereocenters. The van der Waals surface area contributed by atoms with Crippen LogP contribution in [0.5, 0.6) is 11.5 Å². The highest BCUT2D eigenvalue weighted by Gasteiger charge is 2.27. The fourth-order valence-electron chi connectivity index (χ4n) is 3.90. The Labute approximate surface area is 203 Å². The first-order valence-corrected chi connectivity index (χ1v) is 11.4. The molecule has 35 heavy (non-hydrogen) atoms. The number of fused-ring (bicyclic) bond motifs is 2. The van der Waals surface area contributed by atoms with Crippen LogP contribution in [-0.2, 0) is 14.1 Å². The number of halogens is 1. The third-order valence-electron chi connectivity index (χ3n) is 5.97. The van der Waals surface area contributed by atoms with E-state index in [0.29, 0.717) is 56.6 Å². The summed E-state index contributed by atoms with van der Waals surface area (Å²) in [5.74, 6) is 2.33. The van der Waals surface area contributed by atoms with Crippen LogP contribution >= 0.6 is 11.6 Å². The van der Waals surface area contributed by atoms with E-state index in [0.717, 1.165) is 18.5 Å². The summed E-state index contributed by atoms with van der Waals surface area (Å²) in [6.45, 7) is 0.